The molecule has 0 aliphatic heterocycles. The molecule has 0 aliphatic carbocycles. The Kier molecular flexibility index (Phi) is 4.05. The van der Waals surface area contributed by atoms with Gasteiger partial charge in [0, 0.05) is 0 Å². The van der Waals surface area contributed by atoms with E-state index in [-0.39, 0.29) is 12.1 Å². The smallest absolute Gasteiger partial charge is 0.295 e. The molecule has 2 aromatic carbocycles. The maximum absolute atomic E-state index is 13.0. The zero-order valence-electron chi connectivity index (χ0n) is 10.4. The van der Waals surface area contributed by atoms with Gasteiger partial charge in [0.25, 0.3) is 5.69 Å². The van der Waals surface area contributed by atoms with Crippen LogP contribution in [0.15, 0.2) is 48.5 Å². The van der Waals surface area contributed by atoms with Crippen molar-refractivity contribution in [3.05, 3.63) is 70.0 Å². The first-order valence-corrected chi connectivity index (χ1v) is 5.84. The van der Waals surface area contributed by atoms with E-state index in [1.54, 1.807) is 24.3 Å². The van der Waals surface area contributed by atoms with Gasteiger partial charge < -0.3 is 5.32 Å². The third-order valence-corrected chi connectivity index (χ3v) is 2.64. The topological polar surface area (TPSA) is 72.2 Å². The highest BCUT2D eigenvalue weighted by Gasteiger charge is 2.16. The molecule has 0 saturated heterocycles. The van der Waals surface area contributed by atoms with Gasteiger partial charge in [-0.1, -0.05) is 30.3 Å². The third-order valence-electron chi connectivity index (χ3n) is 2.64. The monoisotopic (exact) mass is 274 g/mol. The van der Waals surface area contributed by atoms with E-state index < -0.39 is 22.3 Å². The Hall–Kier alpha value is -2.76. The van der Waals surface area contributed by atoms with Crippen LogP contribution in [0.25, 0.3) is 0 Å². The molecule has 2 aromatic rings. The Balaban J connectivity index is 2.14. The van der Waals surface area contributed by atoms with Gasteiger partial charge in [-0.15, -0.1) is 0 Å². The molecular formula is C14H11FN2O3. The van der Waals surface area contributed by atoms with Crippen molar-refractivity contribution >= 4 is 17.3 Å². The molecule has 2 rings (SSSR count). The van der Waals surface area contributed by atoms with E-state index in [0.29, 0.717) is 0 Å². The van der Waals surface area contributed by atoms with Gasteiger partial charge in [-0.25, -0.2) is 4.39 Å². The summed E-state index contributed by atoms with van der Waals surface area (Å²) in [6, 6.07) is 12.0. The SMILES string of the molecule is O=C(Cc1ccccc1)Nc1ccc(F)cc1[N+](=O)[O-]. The first-order valence-electron chi connectivity index (χ1n) is 5.84. The molecule has 0 atom stereocenters. The number of rotatable bonds is 4. The van der Waals surface area contributed by atoms with Crippen LogP contribution in [0, 0.1) is 15.9 Å². The van der Waals surface area contributed by atoms with E-state index in [4.69, 9.17) is 0 Å². The summed E-state index contributed by atoms with van der Waals surface area (Å²) < 4.78 is 13.0. The summed E-state index contributed by atoms with van der Waals surface area (Å²) in [7, 11) is 0. The van der Waals surface area contributed by atoms with Gasteiger partial charge in [-0.2, -0.15) is 0 Å². The number of benzene rings is 2. The minimum atomic E-state index is -0.735. The highest BCUT2D eigenvalue weighted by molar-refractivity contribution is 5.94. The summed E-state index contributed by atoms with van der Waals surface area (Å²) in [6.45, 7) is 0. The lowest BCUT2D eigenvalue weighted by atomic mass is 10.1. The van der Waals surface area contributed by atoms with E-state index in [1.807, 2.05) is 6.07 Å². The minimum Gasteiger partial charge on any atom is -0.320 e. The lowest BCUT2D eigenvalue weighted by molar-refractivity contribution is -0.384. The highest BCUT2D eigenvalue weighted by atomic mass is 19.1. The number of carbonyl (C=O) groups is 1. The number of anilines is 1. The molecule has 0 aromatic heterocycles. The Bertz CT molecular complexity index is 644. The Labute approximate surface area is 114 Å². The fourth-order valence-electron chi connectivity index (χ4n) is 1.74. The summed E-state index contributed by atoms with van der Waals surface area (Å²) >= 11 is 0. The molecule has 0 radical (unpaired) electrons. The Morgan fingerprint density at radius 2 is 1.90 bits per heavy atom. The van der Waals surface area contributed by atoms with Crippen LogP contribution >= 0.6 is 0 Å². The number of halogens is 1. The Morgan fingerprint density at radius 3 is 2.55 bits per heavy atom. The summed E-state index contributed by atoms with van der Waals surface area (Å²) in [5, 5.41) is 13.2. The van der Waals surface area contributed by atoms with Crippen LogP contribution in [0.5, 0.6) is 0 Å². The number of nitrogens with zero attached hydrogens (tertiary/aromatic N) is 1. The van der Waals surface area contributed by atoms with Crippen LogP contribution in [-0.4, -0.2) is 10.8 Å². The molecule has 0 unspecified atom stereocenters. The minimum absolute atomic E-state index is 0.0164. The van der Waals surface area contributed by atoms with Crippen molar-refractivity contribution in [2.75, 3.05) is 5.32 Å². The second kappa shape index (κ2) is 5.92. The van der Waals surface area contributed by atoms with Crippen LogP contribution in [0.3, 0.4) is 0 Å². The fourth-order valence-corrected chi connectivity index (χ4v) is 1.74. The molecule has 6 heteroatoms. The molecular weight excluding hydrogens is 263 g/mol. The second-order valence-corrected chi connectivity index (χ2v) is 4.13. The van der Waals surface area contributed by atoms with Crippen molar-refractivity contribution < 1.29 is 14.1 Å². The average Bonchev–Trinajstić information content (AvgIpc) is 2.41. The van der Waals surface area contributed by atoms with E-state index >= 15 is 0 Å². The summed E-state index contributed by atoms with van der Waals surface area (Å²) in [6.07, 6.45) is 0.0926. The van der Waals surface area contributed by atoms with Crippen molar-refractivity contribution in [1.82, 2.24) is 0 Å². The van der Waals surface area contributed by atoms with Gasteiger partial charge in [0.2, 0.25) is 5.91 Å². The highest BCUT2D eigenvalue weighted by Crippen LogP contribution is 2.25. The summed E-state index contributed by atoms with van der Waals surface area (Å²) in [5.74, 6) is -1.12. The van der Waals surface area contributed by atoms with Crippen molar-refractivity contribution in [3.63, 3.8) is 0 Å². The van der Waals surface area contributed by atoms with Gasteiger partial charge in [0.15, 0.2) is 0 Å². The lowest BCUT2D eigenvalue weighted by Crippen LogP contribution is -2.15. The lowest BCUT2D eigenvalue weighted by Gasteiger charge is -2.06. The number of amides is 1. The van der Waals surface area contributed by atoms with Crippen LogP contribution in [0.2, 0.25) is 0 Å². The number of hydrogen-bond acceptors (Lipinski definition) is 3. The second-order valence-electron chi connectivity index (χ2n) is 4.13. The molecule has 102 valence electrons. The van der Waals surface area contributed by atoms with Gasteiger partial charge in [0.05, 0.1) is 17.4 Å². The first-order chi connectivity index (χ1) is 9.56. The van der Waals surface area contributed by atoms with E-state index in [0.717, 1.165) is 17.7 Å². The molecule has 0 heterocycles. The number of hydrogen-bond donors (Lipinski definition) is 1. The van der Waals surface area contributed by atoms with E-state index in [9.17, 15) is 19.3 Å². The third kappa shape index (κ3) is 3.38. The fraction of sp³-hybridized carbons (Fsp3) is 0.0714. The van der Waals surface area contributed by atoms with Gasteiger partial charge >= 0.3 is 0 Å². The zero-order chi connectivity index (χ0) is 14.5. The van der Waals surface area contributed by atoms with Crippen LogP contribution in [-0.2, 0) is 11.2 Å². The zero-order valence-corrected chi connectivity index (χ0v) is 10.4. The van der Waals surface area contributed by atoms with Crippen molar-refractivity contribution in [3.8, 4) is 0 Å². The molecule has 0 saturated carbocycles. The van der Waals surface area contributed by atoms with E-state index in [1.165, 1.54) is 6.07 Å². The normalized spacial score (nSPS) is 10.1. The standard InChI is InChI=1S/C14H11FN2O3/c15-11-6-7-12(13(9-11)17(19)20)16-14(18)8-10-4-2-1-3-5-10/h1-7,9H,8H2,(H,16,18). The largest absolute Gasteiger partial charge is 0.320 e. The molecule has 0 spiro atoms. The van der Waals surface area contributed by atoms with E-state index in [2.05, 4.69) is 5.32 Å². The number of nitro groups is 1. The molecule has 20 heavy (non-hydrogen) atoms. The molecule has 1 amide bonds. The predicted octanol–water partition coefficient (Wildman–Crippen LogP) is 2.92. The van der Waals surface area contributed by atoms with Crippen LogP contribution in [0.4, 0.5) is 15.8 Å². The molecule has 0 fully saturated rings. The van der Waals surface area contributed by atoms with Gasteiger partial charge in [0.1, 0.15) is 11.5 Å². The first kappa shape index (κ1) is 13.7. The number of carbonyl (C=O) groups excluding carboxylic acids is 1. The maximum atomic E-state index is 13.0. The molecule has 0 aliphatic rings. The molecule has 0 bridgehead atoms. The number of nitro benzene ring substituents is 1. The molecule has 1 N–H and O–H groups in total. The van der Waals surface area contributed by atoms with Crippen molar-refractivity contribution in [1.29, 1.82) is 0 Å². The predicted molar refractivity (Wildman–Crippen MR) is 71.8 cm³/mol. The average molecular weight is 274 g/mol. The summed E-state index contributed by atoms with van der Waals surface area (Å²) in [4.78, 5) is 21.9. The van der Waals surface area contributed by atoms with Crippen LogP contribution < -0.4 is 5.32 Å². The molecule has 5 nitrogen and oxygen atoms in total. The van der Waals surface area contributed by atoms with Crippen molar-refractivity contribution in [2.24, 2.45) is 0 Å². The van der Waals surface area contributed by atoms with Crippen LogP contribution in [0.1, 0.15) is 5.56 Å². The summed E-state index contributed by atoms with van der Waals surface area (Å²) in [5.41, 5.74) is 0.304. The quantitative estimate of drug-likeness (QED) is 0.688. The van der Waals surface area contributed by atoms with Crippen molar-refractivity contribution in [2.45, 2.75) is 6.42 Å². The Morgan fingerprint density at radius 1 is 1.20 bits per heavy atom. The maximum Gasteiger partial charge on any atom is 0.295 e. The van der Waals surface area contributed by atoms with Gasteiger partial charge in [-0.3, -0.25) is 14.9 Å². The number of nitrogens with one attached hydrogen (secondary N) is 1. The van der Waals surface area contributed by atoms with Gasteiger partial charge in [-0.05, 0) is 17.7 Å².